The number of hydrogen-bond acceptors (Lipinski definition) is 3. The number of aryl methyl sites for hydroxylation is 1. The molecule has 78 valence electrons. The zero-order chi connectivity index (χ0) is 10.6. The third-order valence-electron chi connectivity index (χ3n) is 2.13. The van der Waals surface area contributed by atoms with Gasteiger partial charge in [0.15, 0.2) is 0 Å². The summed E-state index contributed by atoms with van der Waals surface area (Å²) >= 11 is 0. The van der Waals surface area contributed by atoms with Crippen LogP contribution in [0.1, 0.15) is 23.7 Å². The predicted octanol–water partition coefficient (Wildman–Crippen LogP) is 1.38. The number of nitrogens with zero attached hydrogens (tertiary/aromatic N) is 2. The van der Waals surface area contributed by atoms with Crippen LogP contribution in [0, 0.1) is 6.92 Å². The first-order chi connectivity index (χ1) is 6.59. The molecule has 1 aromatic heterocycles. The second-order valence-electron chi connectivity index (χ2n) is 3.90. The van der Waals surface area contributed by atoms with Gasteiger partial charge in [-0.25, -0.2) is 0 Å². The van der Waals surface area contributed by atoms with Crippen molar-refractivity contribution in [3.63, 3.8) is 0 Å². The Morgan fingerprint density at radius 3 is 2.71 bits per heavy atom. The topological polar surface area (TPSA) is 36.4 Å². The lowest BCUT2D eigenvalue weighted by atomic mass is 10.1. The van der Waals surface area contributed by atoms with Gasteiger partial charge < -0.3 is 10.0 Å². The third kappa shape index (κ3) is 3.44. The lowest BCUT2D eigenvalue weighted by Gasteiger charge is -2.14. The summed E-state index contributed by atoms with van der Waals surface area (Å²) < 4.78 is 0. The van der Waals surface area contributed by atoms with Gasteiger partial charge in [0.2, 0.25) is 0 Å². The van der Waals surface area contributed by atoms with Gasteiger partial charge in [-0.2, -0.15) is 0 Å². The fourth-order valence-corrected chi connectivity index (χ4v) is 1.31. The molecular weight excluding hydrogens is 176 g/mol. The number of hydrogen-bond donors (Lipinski definition) is 1. The number of aliphatic hydroxyl groups excluding tert-OH is 1. The van der Waals surface area contributed by atoms with Gasteiger partial charge in [-0.1, -0.05) is 6.07 Å². The molecule has 0 amide bonds. The van der Waals surface area contributed by atoms with Crippen LogP contribution in [0.4, 0.5) is 0 Å². The minimum atomic E-state index is -0.398. The summed E-state index contributed by atoms with van der Waals surface area (Å²) in [6.45, 7) is 2.87. The van der Waals surface area contributed by atoms with Crippen LogP contribution in [-0.4, -0.2) is 35.6 Å². The van der Waals surface area contributed by atoms with Crippen molar-refractivity contribution in [2.75, 3.05) is 20.6 Å². The first kappa shape index (κ1) is 11.1. The molecule has 3 nitrogen and oxygen atoms in total. The number of aromatic nitrogens is 1. The van der Waals surface area contributed by atoms with E-state index in [9.17, 15) is 5.11 Å². The van der Waals surface area contributed by atoms with E-state index >= 15 is 0 Å². The predicted molar refractivity (Wildman–Crippen MR) is 57.1 cm³/mol. The van der Waals surface area contributed by atoms with Crippen molar-refractivity contribution in [1.82, 2.24) is 9.88 Å². The van der Waals surface area contributed by atoms with Gasteiger partial charge in [-0.3, -0.25) is 4.98 Å². The molecule has 0 radical (unpaired) electrons. The monoisotopic (exact) mass is 194 g/mol. The molecule has 0 spiro atoms. The normalized spacial score (nSPS) is 13.2. The van der Waals surface area contributed by atoms with Crippen molar-refractivity contribution < 1.29 is 5.11 Å². The molecule has 1 atom stereocenters. The van der Waals surface area contributed by atoms with Crippen molar-refractivity contribution >= 4 is 0 Å². The maximum absolute atomic E-state index is 9.83. The maximum atomic E-state index is 9.83. The van der Waals surface area contributed by atoms with Crippen LogP contribution >= 0.6 is 0 Å². The van der Waals surface area contributed by atoms with Gasteiger partial charge in [-0.15, -0.1) is 0 Å². The molecule has 0 aliphatic rings. The van der Waals surface area contributed by atoms with E-state index in [-0.39, 0.29) is 0 Å². The molecule has 1 N–H and O–H groups in total. The van der Waals surface area contributed by atoms with E-state index in [2.05, 4.69) is 9.88 Å². The first-order valence-electron chi connectivity index (χ1n) is 4.84. The Morgan fingerprint density at radius 1 is 1.43 bits per heavy atom. The highest BCUT2D eigenvalue weighted by molar-refractivity contribution is 5.18. The summed E-state index contributed by atoms with van der Waals surface area (Å²) in [6.07, 6.45) is 3.87. The molecule has 0 bridgehead atoms. The van der Waals surface area contributed by atoms with E-state index in [1.165, 1.54) is 0 Å². The van der Waals surface area contributed by atoms with Crippen molar-refractivity contribution in [2.24, 2.45) is 0 Å². The van der Waals surface area contributed by atoms with Crippen LogP contribution in [0.5, 0.6) is 0 Å². The summed E-state index contributed by atoms with van der Waals surface area (Å²) in [5.74, 6) is 0. The molecule has 0 saturated carbocycles. The molecule has 0 saturated heterocycles. The minimum absolute atomic E-state index is 0.398. The van der Waals surface area contributed by atoms with Gasteiger partial charge >= 0.3 is 0 Å². The lowest BCUT2D eigenvalue weighted by Crippen LogP contribution is -2.15. The zero-order valence-corrected chi connectivity index (χ0v) is 9.07. The van der Waals surface area contributed by atoms with Gasteiger partial charge in [0.05, 0.1) is 6.10 Å². The Balaban J connectivity index is 2.56. The second-order valence-corrected chi connectivity index (χ2v) is 3.90. The molecule has 0 aliphatic carbocycles. The van der Waals surface area contributed by atoms with Gasteiger partial charge in [0.25, 0.3) is 0 Å². The molecule has 1 rings (SSSR count). The smallest absolute Gasteiger partial charge is 0.0817 e. The van der Waals surface area contributed by atoms with Crippen molar-refractivity contribution in [3.8, 4) is 0 Å². The average Bonchev–Trinajstić information content (AvgIpc) is 2.14. The summed E-state index contributed by atoms with van der Waals surface area (Å²) in [6, 6.07) is 1.98. The molecule has 1 unspecified atom stereocenters. The number of rotatable bonds is 4. The molecule has 0 fully saturated rings. The summed E-state index contributed by atoms with van der Waals surface area (Å²) in [7, 11) is 4.00. The maximum Gasteiger partial charge on any atom is 0.0817 e. The summed E-state index contributed by atoms with van der Waals surface area (Å²) in [4.78, 5) is 6.12. The van der Waals surface area contributed by atoms with Crippen LogP contribution in [0.15, 0.2) is 18.5 Å². The second kappa shape index (κ2) is 5.08. The third-order valence-corrected chi connectivity index (χ3v) is 2.13. The molecular formula is C11H18N2O. The SMILES string of the molecule is Cc1cncc(C(O)CCN(C)C)c1. The standard InChI is InChI=1S/C11H18N2O/c1-9-6-10(8-12-7-9)11(14)4-5-13(2)3/h6-8,11,14H,4-5H2,1-3H3. The van der Waals surface area contributed by atoms with E-state index < -0.39 is 6.10 Å². The van der Waals surface area contributed by atoms with Crippen LogP contribution in [0.3, 0.4) is 0 Å². The van der Waals surface area contributed by atoms with E-state index in [1.807, 2.05) is 27.1 Å². The Bertz CT molecular complexity index is 286. The van der Waals surface area contributed by atoms with E-state index in [1.54, 1.807) is 12.4 Å². The quantitative estimate of drug-likeness (QED) is 0.786. The van der Waals surface area contributed by atoms with E-state index in [4.69, 9.17) is 0 Å². The Hall–Kier alpha value is -0.930. The van der Waals surface area contributed by atoms with E-state index in [0.717, 1.165) is 24.1 Å². The lowest BCUT2D eigenvalue weighted by molar-refractivity contribution is 0.154. The van der Waals surface area contributed by atoms with Gasteiger partial charge in [0.1, 0.15) is 0 Å². The summed E-state index contributed by atoms with van der Waals surface area (Å²) in [5.41, 5.74) is 2.00. The Labute approximate surface area is 85.4 Å². The van der Waals surface area contributed by atoms with Crippen LogP contribution in [0.25, 0.3) is 0 Å². The molecule has 14 heavy (non-hydrogen) atoms. The highest BCUT2D eigenvalue weighted by Gasteiger charge is 2.07. The highest BCUT2D eigenvalue weighted by Crippen LogP contribution is 2.16. The summed E-state index contributed by atoms with van der Waals surface area (Å²) in [5, 5.41) is 9.83. The van der Waals surface area contributed by atoms with Crippen LogP contribution in [-0.2, 0) is 0 Å². The van der Waals surface area contributed by atoms with E-state index in [0.29, 0.717) is 0 Å². The van der Waals surface area contributed by atoms with Gasteiger partial charge in [-0.05, 0) is 38.6 Å². The fourth-order valence-electron chi connectivity index (χ4n) is 1.31. The zero-order valence-electron chi connectivity index (χ0n) is 9.07. The van der Waals surface area contributed by atoms with Crippen molar-refractivity contribution in [2.45, 2.75) is 19.4 Å². The van der Waals surface area contributed by atoms with Crippen molar-refractivity contribution in [3.05, 3.63) is 29.6 Å². The number of pyridine rings is 1. The minimum Gasteiger partial charge on any atom is -0.388 e. The molecule has 1 aromatic rings. The number of aliphatic hydroxyl groups is 1. The average molecular weight is 194 g/mol. The first-order valence-corrected chi connectivity index (χ1v) is 4.84. The van der Waals surface area contributed by atoms with Crippen LogP contribution in [0.2, 0.25) is 0 Å². The molecule has 3 heteroatoms. The Kier molecular flexibility index (Phi) is 4.04. The molecule has 0 aliphatic heterocycles. The highest BCUT2D eigenvalue weighted by atomic mass is 16.3. The largest absolute Gasteiger partial charge is 0.388 e. The van der Waals surface area contributed by atoms with Gasteiger partial charge in [0, 0.05) is 18.9 Å². The van der Waals surface area contributed by atoms with Crippen molar-refractivity contribution in [1.29, 1.82) is 0 Å². The Morgan fingerprint density at radius 2 is 2.14 bits per heavy atom. The molecule has 1 heterocycles. The van der Waals surface area contributed by atoms with Crippen LogP contribution < -0.4 is 0 Å². The fraction of sp³-hybridized carbons (Fsp3) is 0.545. The molecule has 0 aromatic carbocycles.